The van der Waals surface area contributed by atoms with Crippen LogP contribution in [0.5, 0.6) is 11.5 Å². The number of carbonyl (C=O) groups is 3. The molecule has 2 N–H and O–H groups in total. The molecular formula is C28H28ClN3O6S. The first-order valence-corrected chi connectivity index (χ1v) is 13.5. The van der Waals surface area contributed by atoms with Crippen molar-refractivity contribution in [1.29, 1.82) is 0 Å². The summed E-state index contributed by atoms with van der Waals surface area (Å²) in [5, 5.41) is 7.58. The molecule has 1 aliphatic carbocycles. The summed E-state index contributed by atoms with van der Waals surface area (Å²) in [4.78, 5) is 38.6. The molecule has 204 valence electrons. The molecule has 1 aromatic heterocycles. The highest BCUT2D eigenvalue weighted by Crippen LogP contribution is 2.39. The first kappa shape index (κ1) is 28.1. The van der Waals surface area contributed by atoms with Crippen molar-refractivity contribution in [3.05, 3.63) is 74.6 Å². The molecular weight excluding hydrogens is 542 g/mol. The van der Waals surface area contributed by atoms with E-state index in [2.05, 4.69) is 15.8 Å². The van der Waals surface area contributed by atoms with Gasteiger partial charge in [0.1, 0.15) is 11.6 Å². The first-order chi connectivity index (χ1) is 18.8. The number of hydrazone groups is 1. The molecule has 3 aromatic rings. The van der Waals surface area contributed by atoms with Crippen molar-refractivity contribution >= 4 is 51.4 Å². The number of anilines is 1. The third-order valence-electron chi connectivity index (χ3n) is 6.05. The number of amides is 2. The quantitative estimate of drug-likeness (QED) is 0.160. The van der Waals surface area contributed by atoms with Crippen LogP contribution in [-0.4, -0.2) is 37.2 Å². The second-order valence-corrected chi connectivity index (χ2v) is 10.2. The first-order valence-electron chi connectivity index (χ1n) is 12.3. The van der Waals surface area contributed by atoms with E-state index in [-0.39, 0.29) is 6.61 Å². The van der Waals surface area contributed by atoms with Crippen LogP contribution < -0.4 is 20.2 Å². The van der Waals surface area contributed by atoms with E-state index in [1.807, 2.05) is 12.1 Å². The van der Waals surface area contributed by atoms with Gasteiger partial charge in [-0.3, -0.25) is 9.59 Å². The molecule has 1 heterocycles. The predicted octanol–water partition coefficient (Wildman–Crippen LogP) is 5.13. The maximum Gasteiger partial charge on any atom is 0.341 e. The Kier molecular flexibility index (Phi) is 9.21. The summed E-state index contributed by atoms with van der Waals surface area (Å²) >= 11 is 7.23. The minimum absolute atomic E-state index is 0.214. The van der Waals surface area contributed by atoms with Gasteiger partial charge in [-0.1, -0.05) is 23.7 Å². The monoisotopic (exact) mass is 569 g/mol. The molecule has 2 amide bonds. The van der Waals surface area contributed by atoms with Crippen molar-refractivity contribution in [2.75, 3.05) is 19.0 Å². The van der Waals surface area contributed by atoms with Gasteiger partial charge in [0.25, 0.3) is 0 Å². The molecule has 11 heteroatoms. The van der Waals surface area contributed by atoms with Crippen LogP contribution in [0.2, 0.25) is 5.02 Å². The van der Waals surface area contributed by atoms with Crippen molar-refractivity contribution in [3.63, 3.8) is 0 Å². The minimum Gasteiger partial charge on any atom is -0.493 e. The van der Waals surface area contributed by atoms with Gasteiger partial charge in [-0.05, 0) is 74.6 Å². The van der Waals surface area contributed by atoms with E-state index < -0.39 is 17.8 Å². The number of hydrogen-bond donors (Lipinski definition) is 2. The smallest absolute Gasteiger partial charge is 0.341 e. The summed E-state index contributed by atoms with van der Waals surface area (Å²) in [6.45, 7) is 3.94. The van der Waals surface area contributed by atoms with Gasteiger partial charge < -0.3 is 19.5 Å². The SMILES string of the molecule is CCOC(=O)c1c(NC(=O)C(=O)N/N=C(\C)c2ccc(OCc3ccc(Cl)cc3)c(OC)c2)sc2c1CCC2. The molecule has 1 aliphatic rings. The highest BCUT2D eigenvalue weighted by Gasteiger charge is 2.29. The van der Waals surface area contributed by atoms with Crippen molar-refractivity contribution in [3.8, 4) is 11.5 Å². The molecule has 0 atom stereocenters. The largest absolute Gasteiger partial charge is 0.493 e. The number of aryl methyl sites for hydroxylation is 1. The zero-order chi connectivity index (χ0) is 27.9. The zero-order valence-electron chi connectivity index (χ0n) is 21.8. The maximum atomic E-state index is 12.6. The number of methoxy groups -OCH3 is 1. The molecule has 0 fully saturated rings. The topological polar surface area (TPSA) is 115 Å². The maximum absolute atomic E-state index is 12.6. The second-order valence-electron chi connectivity index (χ2n) is 8.65. The van der Waals surface area contributed by atoms with E-state index in [9.17, 15) is 14.4 Å². The van der Waals surface area contributed by atoms with Crippen LogP contribution in [0.25, 0.3) is 0 Å². The molecule has 0 saturated carbocycles. The highest BCUT2D eigenvalue weighted by atomic mass is 35.5. The summed E-state index contributed by atoms with van der Waals surface area (Å²) < 4.78 is 16.5. The number of nitrogens with one attached hydrogen (secondary N) is 2. The Labute approximate surface area is 235 Å². The van der Waals surface area contributed by atoms with Crippen molar-refractivity contribution in [2.24, 2.45) is 5.10 Å². The van der Waals surface area contributed by atoms with Gasteiger partial charge in [-0.2, -0.15) is 5.10 Å². The average Bonchev–Trinajstić information content (AvgIpc) is 3.52. The molecule has 4 rings (SSSR count). The number of rotatable bonds is 9. The lowest BCUT2D eigenvalue weighted by molar-refractivity contribution is -0.136. The Balaban J connectivity index is 1.40. The Hall–Kier alpha value is -3.89. The molecule has 0 aliphatic heterocycles. The normalized spacial score (nSPS) is 12.5. The molecule has 0 unspecified atom stereocenters. The van der Waals surface area contributed by atoms with E-state index in [1.165, 1.54) is 18.4 Å². The summed E-state index contributed by atoms with van der Waals surface area (Å²) in [7, 11) is 1.53. The lowest BCUT2D eigenvalue weighted by Gasteiger charge is -2.12. The standard InChI is InChI=1S/C28H28ClN3O6S/c1-4-37-28(35)24-20-6-5-7-23(20)39-27(24)30-25(33)26(34)32-31-16(2)18-10-13-21(22(14-18)36-3)38-15-17-8-11-19(29)12-9-17/h8-14H,4-7,15H2,1-3H3,(H,30,33)(H,32,34)/b31-16+. The third-order valence-corrected chi connectivity index (χ3v) is 7.51. The van der Waals surface area contributed by atoms with Crippen LogP contribution >= 0.6 is 22.9 Å². The fourth-order valence-electron chi connectivity index (χ4n) is 4.07. The molecule has 0 bridgehead atoms. The van der Waals surface area contributed by atoms with E-state index in [0.717, 1.165) is 35.3 Å². The van der Waals surface area contributed by atoms with E-state index >= 15 is 0 Å². The number of benzene rings is 2. The molecule has 39 heavy (non-hydrogen) atoms. The average molecular weight is 570 g/mol. The fourth-order valence-corrected chi connectivity index (χ4v) is 5.47. The van der Waals surface area contributed by atoms with Crippen molar-refractivity contribution in [2.45, 2.75) is 39.7 Å². The summed E-state index contributed by atoms with van der Waals surface area (Å²) in [6, 6.07) is 12.6. The van der Waals surface area contributed by atoms with Crippen LogP contribution in [0.1, 0.15) is 52.2 Å². The Bertz CT molecular complexity index is 1420. The predicted molar refractivity (Wildman–Crippen MR) is 150 cm³/mol. The van der Waals surface area contributed by atoms with E-state index in [4.69, 9.17) is 25.8 Å². The van der Waals surface area contributed by atoms with Crippen LogP contribution in [0, 0.1) is 0 Å². The number of thiophene rings is 1. The second kappa shape index (κ2) is 12.8. The van der Waals surface area contributed by atoms with Crippen LogP contribution in [0.15, 0.2) is 47.6 Å². The van der Waals surface area contributed by atoms with Gasteiger partial charge in [-0.25, -0.2) is 10.2 Å². The Morgan fingerprint density at radius 3 is 2.54 bits per heavy atom. The summed E-state index contributed by atoms with van der Waals surface area (Å²) in [6.07, 6.45) is 2.50. The van der Waals surface area contributed by atoms with Crippen molar-refractivity contribution < 1.29 is 28.6 Å². The zero-order valence-corrected chi connectivity index (χ0v) is 23.3. The lowest BCUT2D eigenvalue weighted by atomic mass is 10.1. The van der Waals surface area contributed by atoms with Crippen molar-refractivity contribution in [1.82, 2.24) is 5.43 Å². The number of esters is 1. The van der Waals surface area contributed by atoms with Gasteiger partial charge in [-0.15, -0.1) is 11.3 Å². The molecule has 0 spiro atoms. The molecule has 9 nitrogen and oxygen atoms in total. The number of halogens is 1. The fraction of sp³-hybridized carbons (Fsp3) is 0.286. The van der Waals surface area contributed by atoms with E-state index in [1.54, 1.807) is 44.2 Å². The molecule has 0 radical (unpaired) electrons. The van der Waals surface area contributed by atoms with Crippen LogP contribution in [0.3, 0.4) is 0 Å². The van der Waals surface area contributed by atoms with Gasteiger partial charge in [0, 0.05) is 15.5 Å². The van der Waals surface area contributed by atoms with E-state index in [0.29, 0.717) is 45.0 Å². The van der Waals surface area contributed by atoms with Gasteiger partial charge in [0.15, 0.2) is 11.5 Å². The molecule has 0 saturated heterocycles. The summed E-state index contributed by atoms with van der Waals surface area (Å²) in [5.41, 5.74) is 5.54. The number of carbonyl (C=O) groups excluding carboxylic acids is 3. The Morgan fingerprint density at radius 2 is 1.82 bits per heavy atom. The lowest BCUT2D eigenvalue weighted by Crippen LogP contribution is -2.33. The summed E-state index contributed by atoms with van der Waals surface area (Å²) in [5.74, 6) is -1.38. The highest BCUT2D eigenvalue weighted by molar-refractivity contribution is 7.17. The minimum atomic E-state index is -0.965. The molecule has 2 aromatic carbocycles. The number of ether oxygens (including phenoxy) is 3. The van der Waals surface area contributed by atoms with Gasteiger partial charge in [0.05, 0.1) is 25.0 Å². The van der Waals surface area contributed by atoms with Gasteiger partial charge in [0.2, 0.25) is 0 Å². The number of fused-ring (bicyclic) bond motifs is 1. The third kappa shape index (κ3) is 6.76. The number of hydrogen-bond acceptors (Lipinski definition) is 8. The van der Waals surface area contributed by atoms with Crippen LogP contribution in [0.4, 0.5) is 5.00 Å². The Morgan fingerprint density at radius 1 is 1.05 bits per heavy atom. The van der Waals surface area contributed by atoms with Gasteiger partial charge >= 0.3 is 17.8 Å². The number of nitrogens with zero attached hydrogens (tertiary/aromatic N) is 1. The van der Waals surface area contributed by atoms with Crippen LogP contribution in [-0.2, 0) is 33.8 Å².